The van der Waals surface area contributed by atoms with Crippen molar-refractivity contribution in [1.29, 1.82) is 0 Å². The highest BCUT2D eigenvalue weighted by molar-refractivity contribution is 7.07. The lowest BCUT2D eigenvalue weighted by atomic mass is 9.96. The summed E-state index contributed by atoms with van der Waals surface area (Å²) in [6, 6.07) is 4.04. The quantitative estimate of drug-likeness (QED) is 0.573. The van der Waals surface area contributed by atoms with E-state index in [-0.39, 0.29) is 5.41 Å². The Kier molecular flexibility index (Phi) is 5.59. The van der Waals surface area contributed by atoms with Gasteiger partial charge in [-0.25, -0.2) is 4.99 Å². The summed E-state index contributed by atoms with van der Waals surface area (Å²) in [6.45, 7) is 13.3. The molecule has 0 aliphatic rings. The molecule has 0 aliphatic carbocycles. The van der Waals surface area contributed by atoms with Crippen LogP contribution in [0.1, 0.15) is 44.6 Å². The minimum Gasteiger partial charge on any atom is -0.430 e. The molecule has 1 aromatic carbocycles. The highest BCUT2D eigenvalue weighted by atomic mass is 32.1. The zero-order valence-electron chi connectivity index (χ0n) is 15.5. The van der Waals surface area contributed by atoms with E-state index in [1.807, 2.05) is 44.3 Å². The Morgan fingerprint density at radius 1 is 1.25 bits per heavy atom. The number of aliphatic imine (C=N–C) groups is 1. The summed E-state index contributed by atoms with van der Waals surface area (Å²) in [6.07, 6.45) is 1.85. The molecule has 0 spiro atoms. The molecule has 0 fully saturated rings. The Bertz CT molecular complexity index is 731. The molecule has 0 unspecified atom stereocenters. The third kappa shape index (κ3) is 4.54. The molecule has 0 radical (unpaired) electrons. The van der Waals surface area contributed by atoms with Gasteiger partial charge in [0.15, 0.2) is 5.82 Å². The van der Waals surface area contributed by atoms with Crippen LogP contribution in [0, 0.1) is 13.8 Å². The third-order valence-electron chi connectivity index (χ3n) is 3.66. The van der Waals surface area contributed by atoms with E-state index in [9.17, 15) is 0 Å². The number of aryl methyl sites for hydroxylation is 2. The van der Waals surface area contributed by atoms with Gasteiger partial charge in [0.2, 0.25) is 0 Å². The van der Waals surface area contributed by atoms with Gasteiger partial charge in [0, 0.05) is 30.5 Å². The fourth-order valence-corrected chi connectivity index (χ4v) is 2.65. The van der Waals surface area contributed by atoms with Gasteiger partial charge < -0.3 is 9.64 Å². The van der Waals surface area contributed by atoms with E-state index < -0.39 is 0 Å². The summed E-state index contributed by atoms with van der Waals surface area (Å²) in [5.41, 5.74) is 2.97. The van der Waals surface area contributed by atoms with Gasteiger partial charge in [-0.3, -0.25) is 0 Å². The zero-order valence-corrected chi connectivity index (χ0v) is 16.4. The minimum absolute atomic E-state index is 0.0764. The van der Waals surface area contributed by atoms with Crippen molar-refractivity contribution in [2.24, 2.45) is 4.99 Å². The first-order valence-corrected chi connectivity index (χ1v) is 8.85. The second kappa shape index (κ2) is 7.30. The van der Waals surface area contributed by atoms with Crippen molar-refractivity contribution >= 4 is 23.6 Å². The second-order valence-electron chi connectivity index (χ2n) is 6.96. The summed E-state index contributed by atoms with van der Waals surface area (Å²) >= 11 is 1.29. The lowest BCUT2D eigenvalue weighted by Gasteiger charge is -2.12. The first-order chi connectivity index (χ1) is 11.2. The standard InChI is InChI=1S/C18H26N4OS/c1-8-22(7)11-19-14-9-13(3)15(10-12(14)2)23-17-20-16(21-24-17)18(4,5)6/h9-11H,8H2,1-7H3. The van der Waals surface area contributed by atoms with Crippen molar-refractivity contribution in [3.8, 4) is 10.9 Å². The molecule has 24 heavy (non-hydrogen) atoms. The molecule has 0 atom stereocenters. The highest BCUT2D eigenvalue weighted by Crippen LogP contribution is 2.33. The van der Waals surface area contributed by atoms with Gasteiger partial charge in [-0.05, 0) is 44.0 Å². The molecule has 0 N–H and O–H groups in total. The van der Waals surface area contributed by atoms with Crippen LogP contribution < -0.4 is 4.74 Å². The maximum Gasteiger partial charge on any atom is 0.298 e. The number of hydrogen-bond donors (Lipinski definition) is 0. The molecule has 130 valence electrons. The molecule has 0 aliphatic heterocycles. The number of nitrogens with zero attached hydrogens (tertiary/aromatic N) is 4. The van der Waals surface area contributed by atoms with E-state index in [2.05, 4.69) is 42.0 Å². The van der Waals surface area contributed by atoms with Gasteiger partial charge in [-0.2, -0.15) is 9.36 Å². The average Bonchev–Trinajstić information content (AvgIpc) is 2.97. The molecule has 2 aromatic rings. The molecular formula is C18H26N4OS. The van der Waals surface area contributed by atoms with Gasteiger partial charge in [0.1, 0.15) is 5.75 Å². The van der Waals surface area contributed by atoms with Gasteiger partial charge in [-0.1, -0.05) is 20.8 Å². The third-order valence-corrected chi connectivity index (χ3v) is 4.26. The molecule has 6 heteroatoms. The van der Waals surface area contributed by atoms with Crippen LogP contribution in [-0.2, 0) is 5.41 Å². The zero-order chi connectivity index (χ0) is 17.9. The number of aromatic nitrogens is 2. The monoisotopic (exact) mass is 346 g/mol. The van der Waals surface area contributed by atoms with Crippen LogP contribution in [0.25, 0.3) is 0 Å². The number of rotatable bonds is 5. The first-order valence-electron chi connectivity index (χ1n) is 8.08. The van der Waals surface area contributed by atoms with Crippen LogP contribution in [0.3, 0.4) is 0 Å². The Hall–Kier alpha value is -1.95. The SMILES string of the molecule is CCN(C)C=Nc1cc(C)c(Oc2nc(C(C)(C)C)ns2)cc1C. The van der Waals surface area contributed by atoms with Crippen molar-refractivity contribution in [3.05, 3.63) is 29.1 Å². The predicted molar refractivity (Wildman–Crippen MR) is 101 cm³/mol. The fourth-order valence-electron chi connectivity index (χ4n) is 1.92. The van der Waals surface area contributed by atoms with Gasteiger partial charge >= 0.3 is 0 Å². The van der Waals surface area contributed by atoms with Gasteiger partial charge in [0.25, 0.3) is 5.19 Å². The molecule has 1 aromatic heterocycles. The van der Waals surface area contributed by atoms with Crippen molar-refractivity contribution in [1.82, 2.24) is 14.3 Å². The van der Waals surface area contributed by atoms with Gasteiger partial charge in [-0.15, -0.1) is 0 Å². The smallest absolute Gasteiger partial charge is 0.298 e. The Morgan fingerprint density at radius 3 is 2.54 bits per heavy atom. The lowest BCUT2D eigenvalue weighted by molar-refractivity contribution is 0.464. The van der Waals surface area contributed by atoms with Gasteiger partial charge in [0.05, 0.1) is 12.0 Å². The number of ether oxygens (including phenoxy) is 1. The minimum atomic E-state index is -0.0764. The van der Waals surface area contributed by atoms with E-state index in [1.165, 1.54) is 11.5 Å². The second-order valence-corrected chi connectivity index (χ2v) is 7.67. The van der Waals surface area contributed by atoms with Crippen molar-refractivity contribution in [2.45, 2.75) is 47.0 Å². The number of hydrogen-bond acceptors (Lipinski definition) is 5. The Labute approximate surface area is 148 Å². The molecule has 1 heterocycles. The summed E-state index contributed by atoms with van der Waals surface area (Å²) in [5, 5.41) is 0.574. The molecular weight excluding hydrogens is 320 g/mol. The van der Waals surface area contributed by atoms with Crippen molar-refractivity contribution < 1.29 is 4.74 Å². The van der Waals surface area contributed by atoms with Crippen LogP contribution in [0.2, 0.25) is 0 Å². The van der Waals surface area contributed by atoms with E-state index in [0.717, 1.165) is 34.9 Å². The maximum atomic E-state index is 5.95. The summed E-state index contributed by atoms with van der Waals surface area (Å²) in [7, 11) is 2.01. The van der Waals surface area contributed by atoms with Crippen molar-refractivity contribution in [2.75, 3.05) is 13.6 Å². The van der Waals surface area contributed by atoms with E-state index in [0.29, 0.717) is 5.19 Å². The molecule has 2 rings (SSSR count). The Balaban J connectivity index is 2.22. The van der Waals surface area contributed by atoms with E-state index in [4.69, 9.17) is 4.74 Å². The summed E-state index contributed by atoms with van der Waals surface area (Å²) in [4.78, 5) is 11.1. The summed E-state index contributed by atoms with van der Waals surface area (Å²) in [5.74, 6) is 1.60. The van der Waals surface area contributed by atoms with Crippen LogP contribution in [0.5, 0.6) is 10.9 Å². The normalized spacial score (nSPS) is 12.0. The van der Waals surface area contributed by atoms with Crippen LogP contribution in [0.4, 0.5) is 5.69 Å². The topological polar surface area (TPSA) is 50.6 Å². The molecule has 0 saturated heterocycles. The lowest BCUT2D eigenvalue weighted by Crippen LogP contribution is -2.14. The van der Waals surface area contributed by atoms with E-state index >= 15 is 0 Å². The molecule has 5 nitrogen and oxygen atoms in total. The fraction of sp³-hybridized carbons (Fsp3) is 0.500. The van der Waals surface area contributed by atoms with Crippen LogP contribution in [-0.4, -0.2) is 34.2 Å². The van der Waals surface area contributed by atoms with E-state index in [1.54, 1.807) is 0 Å². The molecule has 0 amide bonds. The first kappa shape index (κ1) is 18.4. The predicted octanol–water partition coefficient (Wildman–Crippen LogP) is 4.86. The molecule has 0 saturated carbocycles. The average molecular weight is 347 g/mol. The maximum absolute atomic E-state index is 5.95. The largest absolute Gasteiger partial charge is 0.430 e. The Morgan fingerprint density at radius 2 is 1.96 bits per heavy atom. The van der Waals surface area contributed by atoms with Crippen LogP contribution in [0.15, 0.2) is 17.1 Å². The summed E-state index contributed by atoms with van der Waals surface area (Å²) < 4.78 is 10.3. The number of benzene rings is 1. The van der Waals surface area contributed by atoms with Crippen molar-refractivity contribution in [3.63, 3.8) is 0 Å². The molecule has 0 bridgehead atoms. The van der Waals surface area contributed by atoms with Crippen LogP contribution >= 0.6 is 11.5 Å². The highest BCUT2D eigenvalue weighted by Gasteiger charge is 2.20.